The zero-order valence-corrected chi connectivity index (χ0v) is 37.3. The first-order valence-corrected chi connectivity index (χ1v) is 21.7. The zero-order chi connectivity index (χ0) is 44.1. The van der Waals surface area contributed by atoms with Gasteiger partial charge in [0.15, 0.2) is 22.3 Å². The van der Waals surface area contributed by atoms with E-state index < -0.39 is 40.9 Å². The maximum Gasteiger partial charge on any atom is 0.508 e. The van der Waals surface area contributed by atoms with Gasteiger partial charge in [-0.1, -0.05) is 58.5 Å². The van der Waals surface area contributed by atoms with E-state index in [4.69, 9.17) is 55.9 Å². The molecule has 2 aliphatic rings. The Hall–Kier alpha value is -5.23. The quantitative estimate of drug-likeness (QED) is 0.150. The van der Waals surface area contributed by atoms with Crippen LogP contribution in [-0.4, -0.2) is 67.8 Å². The van der Waals surface area contributed by atoms with Crippen molar-refractivity contribution in [2.24, 2.45) is 28.2 Å². The summed E-state index contributed by atoms with van der Waals surface area (Å²) in [5, 5.41) is 8.20. The molecule has 0 bridgehead atoms. The zero-order valence-electron chi connectivity index (χ0n) is 34.3. The van der Waals surface area contributed by atoms with Crippen LogP contribution in [0.1, 0.15) is 62.5 Å². The highest BCUT2D eigenvalue weighted by molar-refractivity contribution is 6.42. The number of nitrogens with one attached hydrogen (secondary N) is 2. The van der Waals surface area contributed by atoms with Crippen molar-refractivity contribution < 1.29 is 14.3 Å². The van der Waals surface area contributed by atoms with Crippen LogP contribution in [0.4, 0.5) is 16.7 Å². The van der Waals surface area contributed by atoms with Crippen LogP contribution in [0.25, 0.3) is 22.3 Å². The molecule has 0 radical (unpaired) electrons. The van der Waals surface area contributed by atoms with Crippen molar-refractivity contribution in [2.75, 3.05) is 10.6 Å². The maximum absolute atomic E-state index is 13.7. The molecular weight excluding hydrogens is 886 g/mol. The second kappa shape index (κ2) is 17.5. The molecule has 8 rings (SSSR count). The van der Waals surface area contributed by atoms with Crippen molar-refractivity contribution in [3.05, 3.63) is 109 Å². The van der Waals surface area contributed by atoms with Crippen LogP contribution >= 0.6 is 46.4 Å². The fraction of sp³-hybridized carbons (Fsp3) is 0.439. The number of aryl methyl sites for hydroxylation is 4. The summed E-state index contributed by atoms with van der Waals surface area (Å²) in [5.74, 6) is 0.815. The lowest BCUT2D eigenvalue weighted by molar-refractivity contribution is -0.0209. The molecule has 0 saturated heterocycles. The third-order valence-electron chi connectivity index (χ3n) is 11.8. The Morgan fingerprint density at radius 3 is 1.40 bits per heavy atom. The van der Waals surface area contributed by atoms with E-state index in [2.05, 4.69) is 20.6 Å². The van der Waals surface area contributed by atoms with Crippen LogP contribution < -0.4 is 33.1 Å². The molecule has 328 valence electrons. The van der Waals surface area contributed by atoms with Crippen LogP contribution in [0.5, 0.6) is 0 Å². The van der Waals surface area contributed by atoms with E-state index in [1.54, 1.807) is 73.7 Å². The number of carbonyl (C=O) groups excluding carboxylic acids is 1. The lowest BCUT2D eigenvalue weighted by atomic mass is 9.93. The summed E-state index contributed by atoms with van der Waals surface area (Å²) in [6, 6.07) is 9.63. The highest BCUT2D eigenvalue weighted by atomic mass is 35.5. The molecule has 4 heterocycles. The van der Waals surface area contributed by atoms with Crippen LogP contribution in [0, 0.1) is 0 Å². The number of halogens is 4. The molecular formula is C41H44Cl4N10O7. The molecule has 0 amide bonds. The van der Waals surface area contributed by atoms with E-state index >= 15 is 0 Å². The van der Waals surface area contributed by atoms with Crippen molar-refractivity contribution in [1.29, 1.82) is 0 Å². The Kier molecular flexibility index (Phi) is 12.3. The minimum Gasteiger partial charge on any atom is -0.431 e. The predicted octanol–water partition coefficient (Wildman–Crippen LogP) is 6.19. The normalized spacial score (nSPS) is 19.2. The Morgan fingerprint density at radius 2 is 1.02 bits per heavy atom. The monoisotopic (exact) mass is 928 g/mol. The summed E-state index contributed by atoms with van der Waals surface area (Å²) >= 11 is 24.5. The lowest BCUT2D eigenvalue weighted by Gasteiger charge is -2.32. The Morgan fingerprint density at radius 1 is 0.613 bits per heavy atom. The molecule has 0 spiro atoms. The number of aromatic nitrogens is 8. The molecule has 2 saturated carbocycles. The number of carbonyl (C=O) groups is 1. The van der Waals surface area contributed by atoms with Gasteiger partial charge in [0.2, 0.25) is 11.9 Å². The van der Waals surface area contributed by atoms with Crippen molar-refractivity contribution in [3.8, 4) is 0 Å². The molecule has 17 nitrogen and oxygen atoms in total. The standard InChI is InChI=1S/C41H44Cl4N10O7/c1-50-31-33(52(3)39(58)54(35(31)56)19-21-11-13-27(42)29(44)15-21)48-37(50)46-23-7-5-9-25(17-23)61-41(60)62-26-10-6-8-24(18-26)47-38-49-34-32(51(38)2)36(57)55(40(59)53(34)4)20-22-12-14-28(43)30(45)16-22/h11-16,23-26H,5-10,17-20H2,1-4H3,(H,46,48)(H,47,49)/t23-,24-,25+,26+/m1/s1. The van der Waals surface area contributed by atoms with E-state index in [0.717, 1.165) is 34.8 Å². The number of imidazole rings is 2. The van der Waals surface area contributed by atoms with Crippen molar-refractivity contribution in [3.63, 3.8) is 0 Å². The molecule has 2 fully saturated rings. The number of hydrogen-bond donors (Lipinski definition) is 2. The topological polar surface area (TPSA) is 183 Å². The van der Waals surface area contributed by atoms with Gasteiger partial charge < -0.3 is 29.2 Å². The van der Waals surface area contributed by atoms with Crippen molar-refractivity contribution in [2.45, 2.75) is 88.7 Å². The van der Waals surface area contributed by atoms with E-state index in [9.17, 15) is 24.0 Å². The summed E-state index contributed by atoms with van der Waals surface area (Å²) in [4.78, 5) is 76.5. The first-order valence-electron chi connectivity index (χ1n) is 20.2. The second-order valence-corrected chi connectivity index (χ2v) is 17.7. The van der Waals surface area contributed by atoms with Gasteiger partial charge in [0.25, 0.3) is 11.1 Å². The van der Waals surface area contributed by atoms with Gasteiger partial charge in [-0.3, -0.25) is 27.9 Å². The largest absolute Gasteiger partial charge is 0.508 e. The first-order chi connectivity index (χ1) is 29.6. The minimum absolute atomic E-state index is 0.000140. The van der Waals surface area contributed by atoms with Crippen LogP contribution in [0.2, 0.25) is 20.1 Å². The molecule has 2 N–H and O–H groups in total. The van der Waals surface area contributed by atoms with E-state index in [0.29, 0.717) is 68.8 Å². The molecule has 4 aromatic heterocycles. The van der Waals surface area contributed by atoms with Gasteiger partial charge in [-0.2, -0.15) is 9.97 Å². The van der Waals surface area contributed by atoms with Crippen LogP contribution in [0.3, 0.4) is 0 Å². The number of anilines is 2. The average Bonchev–Trinajstić information content (AvgIpc) is 3.74. The molecule has 4 atom stereocenters. The highest BCUT2D eigenvalue weighted by Crippen LogP contribution is 2.29. The fourth-order valence-corrected chi connectivity index (χ4v) is 9.14. The van der Waals surface area contributed by atoms with Gasteiger partial charge in [0.05, 0.1) is 33.2 Å². The van der Waals surface area contributed by atoms with Crippen molar-refractivity contribution in [1.82, 2.24) is 37.4 Å². The number of benzene rings is 2. The Labute approximate surface area is 373 Å². The summed E-state index contributed by atoms with van der Waals surface area (Å²) in [5.41, 5.74) is 0.242. The highest BCUT2D eigenvalue weighted by Gasteiger charge is 2.31. The van der Waals surface area contributed by atoms with Gasteiger partial charge in [-0.25, -0.2) is 14.4 Å². The summed E-state index contributed by atoms with van der Waals surface area (Å²) in [6.45, 7) is -0.000281. The van der Waals surface area contributed by atoms with Crippen molar-refractivity contribution >= 4 is 86.8 Å². The molecule has 0 aliphatic heterocycles. The van der Waals surface area contributed by atoms with E-state index in [1.807, 2.05) is 0 Å². The third-order valence-corrected chi connectivity index (χ3v) is 13.3. The number of hydrogen-bond acceptors (Lipinski definition) is 11. The van der Waals surface area contributed by atoms with Gasteiger partial charge in [-0.15, -0.1) is 0 Å². The summed E-state index contributed by atoms with van der Waals surface area (Å²) in [7, 11) is 6.56. The molecule has 2 aromatic carbocycles. The fourth-order valence-electron chi connectivity index (χ4n) is 8.50. The second-order valence-electron chi connectivity index (χ2n) is 16.0. The smallest absolute Gasteiger partial charge is 0.431 e. The predicted molar refractivity (Wildman–Crippen MR) is 238 cm³/mol. The third kappa shape index (κ3) is 8.47. The number of fused-ring (bicyclic) bond motifs is 2. The Bertz CT molecular complexity index is 2790. The minimum atomic E-state index is -0.748. The number of ether oxygens (including phenoxy) is 2. The average molecular weight is 931 g/mol. The maximum atomic E-state index is 13.7. The SMILES string of the molecule is Cn1c(N[C@@H]2CCC[C@H](OC(=O)O[C@H]3CCC[C@@H](Nc4nc5c(c(=O)n(Cc6ccc(Cl)c(Cl)c6)c(=O)n5C)n4C)C3)C2)nc2c1c(=O)n(Cc1ccc(Cl)c(Cl)c1)c(=O)n2C. The van der Waals surface area contributed by atoms with Gasteiger partial charge in [-0.05, 0) is 73.9 Å². The summed E-state index contributed by atoms with van der Waals surface area (Å²) < 4.78 is 19.9. The summed E-state index contributed by atoms with van der Waals surface area (Å²) in [6.07, 6.45) is 3.79. The van der Waals surface area contributed by atoms with E-state index in [-0.39, 0.29) is 47.5 Å². The molecule has 0 unspecified atom stereocenters. The van der Waals surface area contributed by atoms with E-state index in [1.165, 1.54) is 9.13 Å². The first kappa shape index (κ1) is 43.4. The van der Waals surface area contributed by atoms with Gasteiger partial charge >= 0.3 is 17.5 Å². The lowest BCUT2D eigenvalue weighted by Crippen LogP contribution is -2.39. The molecule has 6 aromatic rings. The van der Waals surface area contributed by atoms with Crippen LogP contribution in [0.15, 0.2) is 55.6 Å². The molecule has 2 aliphatic carbocycles. The van der Waals surface area contributed by atoms with Gasteiger partial charge in [0, 0.05) is 53.1 Å². The van der Waals surface area contributed by atoms with Gasteiger partial charge in [0.1, 0.15) is 12.2 Å². The number of nitrogens with zero attached hydrogens (tertiary/aromatic N) is 8. The Balaban J connectivity index is 0.895. The molecule has 62 heavy (non-hydrogen) atoms. The number of rotatable bonds is 10. The molecule has 21 heteroatoms. The van der Waals surface area contributed by atoms with Crippen LogP contribution in [-0.2, 0) is 50.8 Å².